The molecule has 2 aliphatic rings. The van der Waals surface area contributed by atoms with Crippen LogP contribution in [-0.4, -0.2) is 29.9 Å². The summed E-state index contributed by atoms with van der Waals surface area (Å²) in [7, 11) is 0. The molecule has 1 saturated heterocycles. The number of piperazine rings is 1. The van der Waals surface area contributed by atoms with E-state index in [2.05, 4.69) is 54.3 Å². The number of aryl methyl sites for hydroxylation is 1. The van der Waals surface area contributed by atoms with Crippen molar-refractivity contribution in [1.29, 1.82) is 0 Å². The highest BCUT2D eigenvalue weighted by molar-refractivity contribution is 5.97. The summed E-state index contributed by atoms with van der Waals surface area (Å²) < 4.78 is 0. The maximum Gasteiger partial charge on any atom is 0.241 e. The van der Waals surface area contributed by atoms with Crippen LogP contribution in [0.1, 0.15) is 30.5 Å². The van der Waals surface area contributed by atoms with E-state index in [0.29, 0.717) is 12.6 Å². The number of carbonyl (C=O) groups is 1. The fourth-order valence-electron chi connectivity index (χ4n) is 3.94. The maximum atomic E-state index is 12.8. The molecule has 0 radical (unpaired) electrons. The van der Waals surface area contributed by atoms with Gasteiger partial charge < -0.3 is 4.90 Å². The summed E-state index contributed by atoms with van der Waals surface area (Å²) in [5.41, 5.74) is 3.72. The Bertz CT molecular complexity index is 713. The quantitative estimate of drug-likeness (QED) is 0.849. The number of hydrogen-bond donors (Lipinski definition) is 0. The molecule has 0 aliphatic carbocycles. The Kier molecular flexibility index (Phi) is 3.66. The first-order valence-electron chi connectivity index (χ1n) is 8.43. The number of para-hydroxylation sites is 1. The van der Waals surface area contributed by atoms with Crippen molar-refractivity contribution in [3.05, 3.63) is 65.7 Å². The number of nitrogens with zero attached hydrogens (tertiary/aromatic N) is 2. The molecule has 3 heteroatoms. The zero-order valence-electron chi connectivity index (χ0n) is 13.5. The van der Waals surface area contributed by atoms with E-state index in [-0.39, 0.29) is 11.9 Å². The smallest absolute Gasteiger partial charge is 0.241 e. The zero-order valence-corrected chi connectivity index (χ0v) is 13.5. The molecule has 4 rings (SSSR count). The topological polar surface area (TPSA) is 23.6 Å². The number of anilines is 1. The van der Waals surface area contributed by atoms with E-state index in [9.17, 15) is 4.79 Å². The lowest BCUT2D eigenvalue weighted by molar-refractivity contribution is -0.123. The molecule has 2 aromatic rings. The van der Waals surface area contributed by atoms with E-state index < -0.39 is 0 Å². The number of hydrogen-bond acceptors (Lipinski definition) is 2. The van der Waals surface area contributed by atoms with Gasteiger partial charge in [-0.05, 0) is 37.0 Å². The molecule has 2 unspecified atom stereocenters. The first kappa shape index (κ1) is 14.5. The molecule has 0 N–H and O–H groups in total. The zero-order chi connectivity index (χ0) is 15.8. The van der Waals surface area contributed by atoms with Gasteiger partial charge in [0, 0.05) is 18.3 Å². The molecule has 2 aliphatic heterocycles. The summed E-state index contributed by atoms with van der Waals surface area (Å²) in [6, 6.07) is 19.4. The summed E-state index contributed by atoms with van der Waals surface area (Å²) in [5.74, 6) is 0.233. The van der Waals surface area contributed by atoms with E-state index in [1.165, 1.54) is 11.1 Å². The standard InChI is InChI=1S/C20H22N2O/c1-15(16-7-3-2-4-8-16)21-13-18-12-11-17-9-5-6-10-19(17)22(18)20(23)14-21/h2-10,15,18H,11-14H2,1H3. The van der Waals surface area contributed by atoms with Gasteiger partial charge in [-0.2, -0.15) is 0 Å². The van der Waals surface area contributed by atoms with Gasteiger partial charge >= 0.3 is 0 Å². The Morgan fingerprint density at radius 1 is 1.04 bits per heavy atom. The van der Waals surface area contributed by atoms with Crippen molar-refractivity contribution in [3.63, 3.8) is 0 Å². The highest BCUT2D eigenvalue weighted by Gasteiger charge is 2.38. The van der Waals surface area contributed by atoms with Crippen molar-refractivity contribution >= 4 is 11.6 Å². The number of rotatable bonds is 2. The Hall–Kier alpha value is -2.13. The van der Waals surface area contributed by atoms with Gasteiger partial charge in [0.15, 0.2) is 0 Å². The van der Waals surface area contributed by atoms with Crippen LogP contribution in [0.15, 0.2) is 54.6 Å². The van der Waals surface area contributed by atoms with Gasteiger partial charge in [-0.3, -0.25) is 9.69 Å². The molecule has 0 aromatic heterocycles. The minimum absolute atomic E-state index is 0.233. The molecule has 0 saturated carbocycles. The molecule has 2 heterocycles. The van der Waals surface area contributed by atoms with Crippen molar-refractivity contribution in [2.45, 2.75) is 31.8 Å². The predicted molar refractivity (Wildman–Crippen MR) is 92.5 cm³/mol. The lowest BCUT2D eigenvalue weighted by Gasteiger charge is -2.46. The molecule has 3 nitrogen and oxygen atoms in total. The van der Waals surface area contributed by atoms with E-state index in [0.717, 1.165) is 25.1 Å². The molecule has 0 spiro atoms. The minimum Gasteiger partial charge on any atom is -0.307 e. The van der Waals surface area contributed by atoms with Gasteiger partial charge in [0.1, 0.15) is 0 Å². The largest absolute Gasteiger partial charge is 0.307 e. The Morgan fingerprint density at radius 2 is 1.78 bits per heavy atom. The Balaban J connectivity index is 1.59. The molecular weight excluding hydrogens is 284 g/mol. The van der Waals surface area contributed by atoms with Crippen LogP contribution in [0.2, 0.25) is 0 Å². The van der Waals surface area contributed by atoms with Crippen LogP contribution in [0.4, 0.5) is 5.69 Å². The van der Waals surface area contributed by atoms with Crippen LogP contribution >= 0.6 is 0 Å². The monoisotopic (exact) mass is 306 g/mol. The summed E-state index contributed by atoms with van der Waals surface area (Å²) in [5, 5.41) is 0. The lowest BCUT2D eigenvalue weighted by Crippen LogP contribution is -2.58. The summed E-state index contributed by atoms with van der Waals surface area (Å²) in [4.78, 5) is 17.2. The van der Waals surface area contributed by atoms with Crippen molar-refractivity contribution in [3.8, 4) is 0 Å². The second-order valence-electron chi connectivity index (χ2n) is 6.60. The second-order valence-corrected chi connectivity index (χ2v) is 6.60. The van der Waals surface area contributed by atoms with Crippen molar-refractivity contribution in [1.82, 2.24) is 4.90 Å². The number of fused-ring (bicyclic) bond motifs is 3. The second kappa shape index (κ2) is 5.82. The van der Waals surface area contributed by atoms with Crippen LogP contribution in [-0.2, 0) is 11.2 Å². The van der Waals surface area contributed by atoms with Crippen molar-refractivity contribution in [2.75, 3.05) is 18.0 Å². The number of benzene rings is 2. The third-order valence-electron chi connectivity index (χ3n) is 5.25. The fourth-order valence-corrected chi connectivity index (χ4v) is 3.94. The molecule has 0 bridgehead atoms. The molecule has 2 atom stereocenters. The highest BCUT2D eigenvalue weighted by Crippen LogP contribution is 2.34. The lowest BCUT2D eigenvalue weighted by atomic mass is 9.92. The average molecular weight is 306 g/mol. The predicted octanol–water partition coefficient (Wildman–Crippen LogP) is 3.41. The Labute approximate surface area is 137 Å². The first-order chi connectivity index (χ1) is 11.2. The third kappa shape index (κ3) is 2.55. The molecule has 1 fully saturated rings. The number of amides is 1. The number of carbonyl (C=O) groups excluding carboxylic acids is 1. The molecule has 118 valence electrons. The van der Waals surface area contributed by atoms with Gasteiger partial charge in [0.05, 0.1) is 12.6 Å². The van der Waals surface area contributed by atoms with E-state index in [1.54, 1.807) is 0 Å². The Morgan fingerprint density at radius 3 is 2.61 bits per heavy atom. The van der Waals surface area contributed by atoms with Gasteiger partial charge in [0.2, 0.25) is 5.91 Å². The molecular formula is C20H22N2O. The SMILES string of the molecule is CC(c1ccccc1)N1CC(=O)N2c3ccccc3CCC2C1. The molecule has 1 amide bonds. The average Bonchev–Trinajstić information content (AvgIpc) is 2.61. The van der Waals surface area contributed by atoms with E-state index >= 15 is 0 Å². The van der Waals surface area contributed by atoms with Crippen molar-refractivity contribution in [2.24, 2.45) is 0 Å². The van der Waals surface area contributed by atoms with Crippen LogP contribution in [0.5, 0.6) is 0 Å². The van der Waals surface area contributed by atoms with Gasteiger partial charge in [-0.25, -0.2) is 0 Å². The molecule has 2 aromatic carbocycles. The summed E-state index contributed by atoms with van der Waals surface area (Å²) in [6.07, 6.45) is 2.12. The summed E-state index contributed by atoms with van der Waals surface area (Å²) >= 11 is 0. The van der Waals surface area contributed by atoms with Gasteiger partial charge in [-0.1, -0.05) is 48.5 Å². The van der Waals surface area contributed by atoms with Gasteiger partial charge in [-0.15, -0.1) is 0 Å². The molecule has 23 heavy (non-hydrogen) atoms. The minimum atomic E-state index is 0.233. The van der Waals surface area contributed by atoms with E-state index in [1.807, 2.05) is 17.0 Å². The first-order valence-corrected chi connectivity index (χ1v) is 8.43. The highest BCUT2D eigenvalue weighted by atomic mass is 16.2. The van der Waals surface area contributed by atoms with Crippen LogP contribution in [0, 0.1) is 0 Å². The van der Waals surface area contributed by atoms with Crippen LogP contribution in [0.25, 0.3) is 0 Å². The van der Waals surface area contributed by atoms with E-state index in [4.69, 9.17) is 0 Å². The van der Waals surface area contributed by atoms with Crippen molar-refractivity contribution < 1.29 is 4.79 Å². The van der Waals surface area contributed by atoms with Gasteiger partial charge in [0.25, 0.3) is 0 Å². The normalized spacial score (nSPS) is 22.4. The van der Waals surface area contributed by atoms with Crippen LogP contribution < -0.4 is 4.90 Å². The third-order valence-corrected chi connectivity index (χ3v) is 5.25. The van der Waals surface area contributed by atoms with Crippen LogP contribution in [0.3, 0.4) is 0 Å². The fraction of sp³-hybridized carbons (Fsp3) is 0.350. The maximum absolute atomic E-state index is 12.8. The summed E-state index contributed by atoms with van der Waals surface area (Å²) in [6.45, 7) is 3.66.